The highest BCUT2D eigenvalue weighted by atomic mass is 32.1. The molecule has 0 atom stereocenters. The number of amides is 1. The average molecular weight is 382 g/mol. The Bertz CT molecular complexity index is 971. The number of likely N-dealkylation sites (tertiary alicyclic amines) is 1. The molecule has 4 rings (SSSR count). The maximum atomic E-state index is 13.1. The zero-order valence-corrected chi connectivity index (χ0v) is 17.3. The molecule has 1 amide bonds. The molecule has 1 aliphatic heterocycles. The van der Waals surface area contributed by atoms with Gasteiger partial charge in [-0.2, -0.15) is 0 Å². The molecule has 0 unspecified atom stereocenters. The number of hydrogen-bond donors (Lipinski definition) is 1. The van der Waals surface area contributed by atoms with Crippen molar-refractivity contribution in [3.63, 3.8) is 0 Å². The standard InChI is InChI=1S/C22H27N3OS/c1-14-19(27-21(24-14)22(2,3)4)20(26)25-11-9-15(10-12-25)17-13-23-18-8-6-5-7-16(17)18/h5-8,13,15,23H,9-12H2,1-4H3. The topological polar surface area (TPSA) is 49.0 Å². The summed E-state index contributed by atoms with van der Waals surface area (Å²) in [6.07, 6.45) is 4.17. The van der Waals surface area contributed by atoms with E-state index >= 15 is 0 Å². The number of nitrogens with zero attached hydrogens (tertiary/aromatic N) is 2. The molecule has 5 heteroatoms. The van der Waals surface area contributed by atoms with Crippen molar-refractivity contribution in [3.05, 3.63) is 51.6 Å². The first-order valence-corrected chi connectivity index (χ1v) is 10.5. The van der Waals surface area contributed by atoms with Gasteiger partial charge in [-0.15, -0.1) is 11.3 Å². The zero-order chi connectivity index (χ0) is 19.2. The van der Waals surface area contributed by atoms with Gasteiger partial charge in [0.1, 0.15) is 4.88 Å². The SMILES string of the molecule is Cc1nc(C(C)(C)C)sc1C(=O)N1CCC(c2c[nH]c3ccccc23)CC1. The van der Waals surface area contributed by atoms with Crippen LogP contribution < -0.4 is 0 Å². The van der Waals surface area contributed by atoms with Crippen molar-refractivity contribution in [1.82, 2.24) is 14.9 Å². The first-order chi connectivity index (χ1) is 12.8. The molecule has 0 saturated carbocycles. The van der Waals surface area contributed by atoms with Crippen molar-refractivity contribution in [2.45, 2.75) is 51.9 Å². The van der Waals surface area contributed by atoms with Gasteiger partial charge in [0.2, 0.25) is 0 Å². The lowest BCUT2D eigenvalue weighted by molar-refractivity contribution is 0.0717. The van der Waals surface area contributed by atoms with Crippen LogP contribution in [0.1, 0.15) is 65.5 Å². The number of nitrogens with one attached hydrogen (secondary N) is 1. The van der Waals surface area contributed by atoms with Crippen LogP contribution in [0.15, 0.2) is 30.5 Å². The third-order valence-electron chi connectivity index (χ3n) is 5.48. The summed E-state index contributed by atoms with van der Waals surface area (Å²) in [4.78, 5) is 23.9. The van der Waals surface area contributed by atoms with Crippen LogP contribution in [-0.4, -0.2) is 33.9 Å². The molecular weight excluding hydrogens is 354 g/mol. The average Bonchev–Trinajstić information content (AvgIpc) is 3.25. The van der Waals surface area contributed by atoms with Crippen molar-refractivity contribution in [1.29, 1.82) is 0 Å². The van der Waals surface area contributed by atoms with E-state index in [1.54, 1.807) is 11.3 Å². The molecule has 1 aliphatic rings. The lowest BCUT2D eigenvalue weighted by Gasteiger charge is -2.31. The van der Waals surface area contributed by atoms with Gasteiger partial charge in [-0.3, -0.25) is 4.79 Å². The Hall–Kier alpha value is -2.14. The normalized spacial score (nSPS) is 16.2. The minimum Gasteiger partial charge on any atom is -0.361 e. The van der Waals surface area contributed by atoms with E-state index in [2.05, 4.69) is 61.2 Å². The van der Waals surface area contributed by atoms with Crippen LogP contribution in [0.5, 0.6) is 0 Å². The van der Waals surface area contributed by atoms with Gasteiger partial charge in [-0.25, -0.2) is 4.98 Å². The maximum absolute atomic E-state index is 13.1. The van der Waals surface area contributed by atoms with Crippen LogP contribution in [0.4, 0.5) is 0 Å². The predicted molar refractivity (Wildman–Crippen MR) is 112 cm³/mol. The number of H-pyrrole nitrogens is 1. The Balaban J connectivity index is 1.48. The molecular formula is C22H27N3OS. The lowest BCUT2D eigenvalue weighted by Crippen LogP contribution is -2.37. The summed E-state index contributed by atoms with van der Waals surface area (Å²) < 4.78 is 0. The lowest BCUT2D eigenvalue weighted by atomic mass is 9.89. The number of para-hydroxylation sites is 1. The van der Waals surface area contributed by atoms with Gasteiger partial charge in [0.15, 0.2) is 0 Å². The number of carbonyl (C=O) groups excluding carboxylic acids is 1. The van der Waals surface area contributed by atoms with Crippen LogP contribution in [0.3, 0.4) is 0 Å². The molecule has 0 spiro atoms. The Morgan fingerprint density at radius 3 is 2.59 bits per heavy atom. The molecule has 142 valence electrons. The molecule has 0 radical (unpaired) electrons. The van der Waals surface area contributed by atoms with Crippen LogP contribution in [-0.2, 0) is 5.41 Å². The number of thiazole rings is 1. The summed E-state index contributed by atoms with van der Waals surface area (Å²) in [5, 5.41) is 2.35. The van der Waals surface area contributed by atoms with E-state index in [9.17, 15) is 4.79 Å². The monoisotopic (exact) mass is 381 g/mol. The van der Waals surface area contributed by atoms with Gasteiger partial charge in [-0.1, -0.05) is 39.0 Å². The Kier molecular flexibility index (Phi) is 4.58. The summed E-state index contributed by atoms with van der Waals surface area (Å²) in [5.41, 5.74) is 3.44. The smallest absolute Gasteiger partial charge is 0.265 e. The third-order valence-corrected chi connectivity index (χ3v) is 7.05. The second-order valence-electron chi connectivity index (χ2n) is 8.54. The van der Waals surface area contributed by atoms with Gasteiger partial charge >= 0.3 is 0 Å². The van der Waals surface area contributed by atoms with E-state index in [-0.39, 0.29) is 11.3 Å². The Morgan fingerprint density at radius 1 is 1.22 bits per heavy atom. The Labute approximate surface area is 164 Å². The molecule has 0 bridgehead atoms. The fraction of sp³-hybridized carbons (Fsp3) is 0.455. The molecule has 4 nitrogen and oxygen atoms in total. The predicted octanol–water partition coefficient (Wildman–Crippen LogP) is 5.25. The number of fused-ring (bicyclic) bond motifs is 1. The number of carbonyl (C=O) groups is 1. The summed E-state index contributed by atoms with van der Waals surface area (Å²) in [7, 11) is 0. The summed E-state index contributed by atoms with van der Waals surface area (Å²) in [5.74, 6) is 0.663. The van der Waals surface area contributed by atoms with Gasteiger partial charge in [0, 0.05) is 35.6 Å². The maximum Gasteiger partial charge on any atom is 0.265 e. The fourth-order valence-electron chi connectivity index (χ4n) is 3.88. The van der Waals surface area contributed by atoms with Gasteiger partial charge in [0.05, 0.1) is 10.7 Å². The highest BCUT2D eigenvalue weighted by molar-refractivity contribution is 7.14. The second-order valence-corrected chi connectivity index (χ2v) is 9.54. The number of aryl methyl sites for hydroxylation is 1. The number of piperidine rings is 1. The first-order valence-electron chi connectivity index (χ1n) is 9.68. The van der Waals surface area contributed by atoms with Crippen molar-refractivity contribution in [3.8, 4) is 0 Å². The van der Waals surface area contributed by atoms with E-state index in [0.29, 0.717) is 5.92 Å². The van der Waals surface area contributed by atoms with E-state index in [1.165, 1.54) is 16.5 Å². The highest BCUT2D eigenvalue weighted by Crippen LogP contribution is 2.35. The van der Waals surface area contributed by atoms with Gasteiger partial charge < -0.3 is 9.88 Å². The number of hydrogen-bond acceptors (Lipinski definition) is 3. The van der Waals surface area contributed by atoms with E-state index in [4.69, 9.17) is 0 Å². The molecule has 3 aromatic rings. The third kappa shape index (κ3) is 3.41. The quantitative estimate of drug-likeness (QED) is 0.659. The van der Waals surface area contributed by atoms with Crippen LogP contribution >= 0.6 is 11.3 Å². The number of aromatic amines is 1. The molecule has 2 aromatic heterocycles. The van der Waals surface area contributed by atoms with Crippen molar-refractivity contribution in [2.75, 3.05) is 13.1 Å². The molecule has 3 heterocycles. The minimum atomic E-state index is -0.0176. The van der Waals surface area contributed by atoms with Crippen molar-refractivity contribution in [2.24, 2.45) is 0 Å². The van der Waals surface area contributed by atoms with Crippen molar-refractivity contribution < 1.29 is 4.79 Å². The Morgan fingerprint density at radius 2 is 1.93 bits per heavy atom. The van der Waals surface area contributed by atoms with Gasteiger partial charge in [-0.05, 0) is 37.3 Å². The van der Waals surface area contributed by atoms with E-state index < -0.39 is 0 Å². The van der Waals surface area contributed by atoms with Crippen LogP contribution in [0.25, 0.3) is 10.9 Å². The molecule has 27 heavy (non-hydrogen) atoms. The highest BCUT2D eigenvalue weighted by Gasteiger charge is 2.29. The fourth-order valence-corrected chi connectivity index (χ4v) is 4.98. The first kappa shape index (κ1) is 18.2. The van der Waals surface area contributed by atoms with Crippen molar-refractivity contribution >= 4 is 28.1 Å². The summed E-state index contributed by atoms with van der Waals surface area (Å²) in [6, 6.07) is 8.47. The minimum absolute atomic E-state index is 0.0176. The number of rotatable bonds is 2. The van der Waals surface area contributed by atoms with E-state index in [0.717, 1.165) is 41.5 Å². The number of aromatic nitrogens is 2. The van der Waals surface area contributed by atoms with E-state index in [1.807, 2.05) is 11.8 Å². The summed E-state index contributed by atoms with van der Waals surface area (Å²) in [6.45, 7) is 10.0. The molecule has 1 saturated heterocycles. The molecule has 1 N–H and O–H groups in total. The largest absolute Gasteiger partial charge is 0.361 e. The second kappa shape index (κ2) is 6.79. The van der Waals surface area contributed by atoms with Gasteiger partial charge in [0.25, 0.3) is 5.91 Å². The van der Waals surface area contributed by atoms with Crippen LogP contribution in [0.2, 0.25) is 0 Å². The summed E-state index contributed by atoms with van der Waals surface area (Å²) >= 11 is 1.56. The molecule has 1 aromatic carbocycles. The molecule has 0 aliphatic carbocycles. The molecule has 1 fully saturated rings. The number of benzene rings is 1. The van der Waals surface area contributed by atoms with Crippen LogP contribution in [0, 0.1) is 6.92 Å². The zero-order valence-electron chi connectivity index (χ0n) is 16.5.